The van der Waals surface area contributed by atoms with E-state index in [9.17, 15) is 0 Å². The SMILES string of the molecule is COCO[C@@H]1[C@@H](OCOC)C=C[C@H]1O[Si](c1ccccc1)(c1ccccc1)C(C)(C)C. The predicted molar refractivity (Wildman–Crippen MR) is 125 cm³/mol. The molecule has 2 aromatic rings. The molecule has 2 aromatic carbocycles. The quantitative estimate of drug-likeness (QED) is 0.320. The maximum atomic E-state index is 7.21. The lowest BCUT2D eigenvalue weighted by Crippen LogP contribution is -2.68. The normalized spacial score (nSPS) is 21.5. The number of hydrogen-bond acceptors (Lipinski definition) is 5. The van der Waals surface area contributed by atoms with E-state index >= 15 is 0 Å². The number of hydrogen-bond donors (Lipinski definition) is 0. The van der Waals surface area contributed by atoms with Crippen LogP contribution in [0.25, 0.3) is 0 Å². The van der Waals surface area contributed by atoms with Crippen LogP contribution in [0.2, 0.25) is 5.04 Å². The van der Waals surface area contributed by atoms with Gasteiger partial charge in [0.25, 0.3) is 8.32 Å². The summed E-state index contributed by atoms with van der Waals surface area (Å²) in [5.41, 5.74) is 0. The van der Waals surface area contributed by atoms with Crippen molar-refractivity contribution in [3.63, 3.8) is 0 Å². The molecule has 0 aromatic heterocycles. The molecular formula is C25H34O5Si. The molecule has 1 aliphatic rings. The molecule has 0 N–H and O–H groups in total. The van der Waals surface area contributed by atoms with Gasteiger partial charge < -0.3 is 23.4 Å². The van der Waals surface area contributed by atoms with Gasteiger partial charge in [0, 0.05) is 14.2 Å². The second-order valence-electron chi connectivity index (χ2n) is 8.71. The highest BCUT2D eigenvalue weighted by Gasteiger charge is 2.53. The standard InChI is InChI=1S/C25H34O5Si/c1-25(2,3)31(20-12-8-6-9-13-20,21-14-10-7-11-15-21)30-23-17-16-22(28-18-26-4)24(23)29-19-27-5/h6-17,22-24H,18-19H2,1-5H3/t22-,23+,24+/m0/s1. The van der Waals surface area contributed by atoms with Crippen LogP contribution in [-0.2, 0) is 23.4 Å². The highest BCUT2D eigenvalue weighted by Crippen LogP contribution is 2.39. The average molecular weight is 443 g/mol. The minimum Gasteiger partial charge on any atom is -0.398 e. The van der Waals surface area contributed by atoms with E-state index in [4.69, 9.17) is 23.4 Å². The van der Waals surface area contributed by atoms with E-state index in [1.165, 1.54) is 10.4 Å². The van der Waals surface area contributed by atoms with Gasteiger partial charge in [0.2, 0.25) is 0 Å². The van der Waals surface area contributed by atoms with Gasteiger partial charge in [-0.2, -0.15) is 0 Å². The summed E-state index contributed by atoms with van der Waals surface area (Å²) in [7, 11) is 0.513. The average Bonchev–Trinajstić information content (AvgIpc) is 3.15. The lowest BCUT2D eigenvalue weighted by Gasteiger charge is -2.45. The van der Waals surface area contributed by atoms with Crippen LogP contribution in [-0.4, -0.2) is 54.4 Å². The largest absolute Gasteiger partial charge is 0.398 e. The van der Waals surface area contributed by atoms with E-state index in [0.29, 0.717) is 0 Å². The fourth-order valence-corrected chi connectivity index (χ4v) is 8.90. The van der Waals surface area contributed by atoms with Crippen molar-refractivity contribution in [1.29, 1.82) is 0 Å². The Balaban J connectivity index is 2.05. The first kappa shape index (κ1) is 23.9. The Hall–Kier alpha value is -1.80. The molecule has 31 heavy (non-hydrogen) atoms. The first-order valence-electron chi connectivity index (χ1n) is 10.6. The van der Waals surface area contributed by atoms with Gasteiger partial charge in [0.05, 0.1) is 6.10 Å². The van der Waals surface area contributed by atoms with E-state index < -0.39 is 8.32 Å². The Morgan fingerprint density at radius 3 is 1.68 bits per heavy atom. The molecule has 6 heteroatoms. The van der Waals surface area contributed by atoms with Gasteiger partial charge >= 0.3 is 0 Å². The summed E-state index contributed by atoms with van der Waals surface area (Å²) in [6.07, 6.45) is 3.19. The van der Waals surface area contributed by atoms with Crippen LogP contribution >= 0.6 is 0 Å². The predicted octanol–water partition coefficient (Wildman–Crippen LogP) is 3.48. The Kier molecular flexibility index (Phi) is 8.22. The molecule has 0 amide bonds. The van der Waals surface area contributed by atoms with Crippen molar-refractivity contribution in [3.8, 4) is 0 Å². The number of ether oxygens (including phenoxy) is 4. The maximum Gasteiger partial charge on any atom is 0.262 e. The van der Waals surface area contributed by atoms with E-state index in [0.717, 1.165) is 0 Å². The fourth-order valence-electron chi connectivity index (χ4n) is 4.26. The highest BCUT2D eigenvalue weighted by molar-refractivity contribution is 6.99. The van der Waals surface area contributed by atoms with Gasteiger partial charge in [-0.1, -0.05) is 93.6 Å². The van der Waals surface area contributed by atoms with E-state index in [-0.39, 0.29) is 36.9 Å². The first-order valence-corrected chi connectivity index (χ1v) is 12.5. The highest BCUT2D eigenvalue weighted by atomic mass is 28.4. The topological polar surface area (TPSA) is 46.2 Å². The molecule has 0 radical (unpaired) electrons. The smallest absolute Gasteiger partial charge is 0.262 e. The van der Waals surface area contributed by atoms with Crippen molar-refractivity contribution in [1.82, 2.24) is 0 Å². The summed E-state index contributed by atoms with van der Waals surface area (Å²) in [4.78, 5) is 0. The van der Waals surface area contributed by atoms with E-state index in [1.54, 1.807) is 14.2 Å². The molecule has 0 fully saturated rings. The third-order valence-electron chi connectivity index (χ3n) is 5.62. The molecule has 1 aliphatic carbocycles. The Morgan fingerprint density at radius 1 is 0.710 bits per heavy atom. The number of rotatable bonds is 10. The third kappa shape index (κ3) is 5.17. The van der Waals surface area contributed by atoms with Gasteiger partial charge in [-0.25, -0.2) is 0 Å². The Labute approximate surface area is 187 Å². The summed E-state index contributed by atoms with van der Waals surface area (Å²) in [6.45, 7) is 7.15. The van der Waals surface area contributed by atoms with Crippen molar-refractivity contribution in [2.24, 2.45) is 0 Å². The maximum absolute atomic E-state index is 7.21. The summed E-state index contributed by atoms with van der Waals surface area (Å²) in [5, 5.41) is 2.34. The molecule has 0 heterocycles. The molecule has 3 rings (SSSR count). The second kappa shape index (κ2) is 10.7. The summed E-state index contributed by atoms with van der Waals surface area (Å²) in [6, 6.07) is 21.2. The number of benzene rings is 2. The molecule has 5 nitrogen and oxygen atoms in total. The zero-order valence-corrected chi connectivity index (χ0v) is 20.1. The van der Waals surface area contributed by atoms with Crippen LogP contribution < -0.4 is 10.4 Å². The molecule has 3 atom stereocenters. The molecule has 0 unspecified atom stereocenters. The van der Waals surface area contributed by atoms with E-state index in [2.05, 4.69) is 75.4 Å². The van der Waals surface area contributed by atoms with Crippen LogP contribution in [0.4, 0.5) is 0 Å². The minimum absolute atomic E-state index is 0.124. The molecule has 0 saturated heterocycles. The van der Waals surface area contributed by atoms with Crippen LogP contribution in [0.15, 0.2) is 72.8 Å². The van der Waals surface area contributed by atoms with Gasteiger partial charge in [0.15, 0.2) is 0 Å². The molecule has 0 aliphatic heterocycles. The Bertz CT molecular complexity index is 779. The fraction of sp³-hybridized carbons (Fsp3) is 0.440. The van der Waals surface area contributed by atoms with Crippen LogP contribution in [0.5, 0.6) is 0 Å². The molecular weight excluding hydrogens is 408 g/mol. The zero-order chi connectivity index (χ0) is 22.3. The molecule has 168 valence electrons. The van der Waals surface area contributed by atoms with Crippen molar-refractivity contribution in [2.75, 3.05) is 27.8 Å². The first-order chi connectivity index (χ1) is 14.9. The zero-order valence-electron chi connectivity index (χ0n) is 19.1. The number of methoxy groups -OCH3 is 2. The van der Waals surface area contributed by atoms with E-state index in [1.807, 2.05) is 18.2 Å². The van der Waals surface area contributed by atoms with Gasteiger partial charge in [0.1, 0.15) is 25.8 Å². The summed E-state index contributed by atoms with van der Waals surface area (Å²) < 4.78 is 29.4. The lowest BCUT2D eigenvalue weighted by molar-refractivity contribution is -0.156. The van der Waals surface area contributed by atoms with Crippen LogP contribution in [0.1, 0.15) is 20.8 Å². The molecule has 0 bridgehead atoms. The van der Waals surface area contributed by atoms with Crippen LogP contribution in [0.3, 0.4) is 0 Å². The second-order valence-corrected chi connectivity index (χ2v) is 13.0. The third-order valence-corrected chi connectivity index (χ3v) is 10.7. The van der Waals surface area contributed by atoms with Crippen molar-refractivity contribution < 1.29 is 23.4 Å². The summed E-state index contributed by atoms with van der Waals surface area (Å²) in [5.74, 6) is 0. The van der Waals surface area contributed by atoms with Gasteiger partial charge in [-0.05, 0) is 15.4 Å². The molecule has 0 spiro atoms. The van der Waals surface area contributed by atoms with Crippen LogP contribution in [0, 0.1) is 0 Å². The Morgan fingerprint density at radius 2 is 1.19 bits per heavy atom. The van der Waals surface area contributed by atoms with Crippen molar-refractivity contribution in [2.45, 2.75) is 44.1 Å². The van der Waals surface area contributed by atoms with Crippen molar-refractivity contribution in [3.05, 3.63) is 72.8 Å². The monoisotopic (exact) mass is 442 g/mol. The minimum atomic E-state index is -2.72. The van der Waals surface area contributed by atoms with Gasteiger partial charge in [-0.3, -0.25) is 0 Å². The lowest BCUT2D eigenvalue weighted by atomic mass is 10.2. The summed E-state index contributed by atoms with van der Waals surface area (Å²) >= 11 is 0. The van der Waals surface area contributed by atoms with Crippen molar-refractivity contribution >= 4 is 18.7 Å². The molecule has 0 saturated carbocycles. The van der Waals surface area contributed by atoms with Gasteiger partial charge in [-0.15, -0.1) is 0 Å².